The van der Waals surface area contributed by atoms with Crippen LogP contribution in [0, 0.1) is 5.92 Å². The highest BCUT2D eigenvalue weighted by molar-refractivity contribution is 6.31. The molecule has 0 radical (unpaired) electrons. The van der Waals surface area contributed by atoms with Crippen molar-refractivity contribution in [3.63, 3.8) is 0 Å². The van der Waals surface area contributed by atoms with Crippen LogP contribution in [-0.4, -0.2) is 6.54 Å². The van der Waals surface area contributed by atoms with E-state index in [1.54, 1.807) is 0 Å². The molecule has 2 rings (SSSR count). The molecular weight excluding hydrogens is 302 g/mol. The first kappa shape index (κ1) is 17.8. The van der Waals surface area contributed by atoms with Gasteiger partial charge in [-0.1, -0.05) is 80.1 Å². The van der Waals surface area contributed by atoms with Crippen LogP contribution in [0.25, 0.3) is 6.08 Å². The van der Waals surface area contributed by atoms with E-state index in [9.17, 15) is 0 Å². The fourth-order valence-corrected chi connectivity index (χ4v) is 2.67. The minimum absolute atomic E-state index is 0.334. The first-order chi connectivity index (χ1) is 11.1. The van der Waals surface area contributed by atoms with Gasteiger partial charge < -0.3 is 5.32 Å². The third kappa shape index (κ3) is 5.85. The maximum absolute atomic E-state index is 6.19. The van der Waals surface area contributed by atoms with E-state index in [0.717, 1.165) is 18.0 Å². The molecule has 0 heterocycles. The molecule has 0 spiro atoms. The largest absolute Gasteiger partial charge is 0.310 e. The summed E-state index contributed by atoms with van der Waals surface area (Å²) in [5.41, 5.74) is 3.76. The smallest absolute Gasteiger partial charge is 0.0438 e. The Morgan fingerprint density at radius 3 is 2.35 bits per heavy atom. The Morgan fingerprint density at radius 1 is 1.00 bits per heavy atom. The van der Waals surface area contributed by atoms with Gasteiger partial charge in [0.25, 0.3) is 0 Å². The summed E-state index contributed by atoms with van der Waals surface area (Å²) >= 11 is 6.19. The van der Waals surface area contributed by atoms with E-state index in [1.165, 1.54) is 16.7 Å². The molecule has 1 nitrogen and oxygen atoms in total. The lowest BCUT2D eigenvalue weighted by Crippen LogP contribution is -2.21. The number of allylic oxidation sites excluding steroid dienone is 1. The predicted molar refractivity (Wildman–Crippen MR) is 102 cm³/mol. The Labute approximate surface area is 145 Å². The van der Waals surface area contributed by atoms with E-state index in [2.05, 4.69) is 68.6 Å². The summed E-state index contributed by atoms with van der Waals surface area (Å²) in [6, 6.07) is 17.1. The van der Waals surface area contributed by atoms with Crippen molar-refractivity contribution < 1.29 is 0 Å². The van der Waals surface area contributed by atoms with Crippen molar-refractivity contribution in [2.45, 2.75) is 33.2 Å². The minimum atomic E-state index is 0.334. The lowest BCUT2D eigenvalue weighted by molar-refractivity contribution is 0.577. The Hall–Kier alpha value is -1.57. The summed E-state index contributed by atoms with van der Waals surface area (Å²) in [6.45, 7) is 7.50. The van der Waals surface area contributed by atoms with Crippen LogP contribution in [-0.2, 0) is 6.42 Å². The second-order valence-corrected chi connectivity index (χ2v) is 6.69. The summed E-state index contributed by atoms with van der Waals surface area (Å²) in [5, 5.41) is 4.42. The summed E-state index contributed by atoms with van der Waals surface area (Å²) < 4.78 is 0. The molecule has 122 valence electrons. The molecule has 2 aromatic carbocycles. The van der Waals surface area contributed by atoms with Crippen LogP contribution in [0.5, 0.6) is 0 Å². The molecule has 2 aromatic rings. The van der Waals surface area contributed by atoms with Crippen LogP contribution >= 0.6 is 11.6 Å². The van der Waals surface area contributed by atoms with Crippen molar-refractivity contribution in [2.75, 3.05) is 6.54 Å². The number of hydrogen-bond acceptors (Lipinski definition) is 1. The van der Waals surface area contributed by atoms with Gasteiger partial charge in [-0.2, -0.15) is 0 Å². The van der Waals surface area contributed by atoms with E-state index in [0.29, 0.717) is 12.0 Å². The molecule has 2 heteroatoms. The van der Waals surface area contributed by atoms with E-state index < -0.39 is 0 Å². The normalized spacial score (nSPS) is 12.9. The predicted octanol–water partition coefficient (Wildman–Crippen LogP) is 5.90. The quantitative estimate of drug-likeness (QED) is 0.667. The zero-order chi connectivity index (χ0) is 16.7. The van der Waals surface area contributed by atoms with Crippen LogP contribution in [0.2, 0.25) is 5.02 Å². The van der Waals surface area contributed by atoms with Gasteiger partial charge in [-0.25, -0.2) is 0 Å². The number of nitrogens with one attached hydrogen (secondary N) is 1. The van der Waals surface area contributed by atoms with Gasteiger partial charge in [-0.15, -0.1) is 0 Å². The molecule has 1 N–H and O–H groups in total. The van der Waals surface area contributed by atoms with E-state index in [4.69, 9.17) is 11.6 Å². The molecule has 23 heavy (non-hydrogen) atoms. The molecule has 0 saturated heterocycles. The highest BCUT2D eigenvalue weighted by Gasteiger charge is 2.05. The average Bonchev–Trinajstić information content (AvgIpc) is 2.55. The molecule has 0 aliphatic carbocycles. The molecule has 0 aliphatic heterocycles. The van der Waals surface area contributed by atoms with Gasteiger partial charge in [0.1, 0.15) is 0 Å². The molecule has 1 atom stereocenters. The second kappa shape index (κ2) is 8.90. The molecule has 0 saturated carbocycles. The highest BCUT2D eigenvalue weighted by atomic mass is 35.5. The topological polar surface area (TPSA) is 12.0 Å². The number of hydrogen-bond donors (Lipinski definition) is 1. The van der Waals surface area contributed by atoms with Crippen molar-refractivity contribution in [2.24, 2.45) is 5.92 Å². The van der Waals surface area contributed by atoms with Gasteiger partial charge in [-0.05, 0) is 48.6 Å². The Morgan fingerprint density at radius 2 is 1.70 bits per heavy atom. The summed E-state index contributed by atoms with van der Waals surface area (Å²) in [7, 11) is 0. The molecule has 0 fully saturated rings. The van der Waals surface area contributed by atoms with E-state index >= 15 is 0 Å². The number of rotatable bonds is 7. The monoisotopic (exact) mass is 327 g/mol. The van der Waals surface area contributed by atoms with Crippen molar-refractivity contribution in [1.29, 1.82) is 0 Å². The van der Waals surface area contributed by atoms with Gasteiger partial charge in [0.15, 0.2) is 0 Å². The zero-order valence-electron chi connectivity index (χ0n) is 14.2. The van der Waals surface area contributed by atoms with Crippen molar-refractivity contribution in [1.82, 2.24) is 5.32 Å². The maximum atomic E-state index is 6.19. The molecular formula is C21H26ClN. The summed E-state index contributed by atoms with van der Waals surface area (Å²) in [4.78, 5) is 0. The van der Waals surface area contributed by atoms with E-state index in [1.807, 2.05) is 18.2 Å². The SMILES string of the molecule is CC(C)/C=C/c1ccc(C(C)NCCc2ccccc2Cl)cc1. The van der Waals surface area contributed by atoms with Crippen LogP contribution in [0.4, 0.5) is 0 Å². The second-order valence-electron chi connectivity index (χ2n) is 6.29. The average molecular weight is 328 g/mol. The Bertz CT molecular complexity index is 629. The van der Waals surface area contributed by atoms with Gasteiger partial charge in [0, 0.05) is 11.1 Å². The third-order valence-corrected chi connectivity index (χ3v) is 4.28. The standard InChI is InChI=1S/C21H26ClN/c1-16(2)8-9-18-10-12-19(13-11-18)17(3)23-15-14-20-6-4-5-7-21(20)22/h4-13,16-17,23H,14-15H2,1-3H3/b9-8+. The van der Waals surface area contributed by atoms with Crippen molar-refractivity contribution >= 4 is 17.7 Å². The first-order valence-electron chi connectivity index (χ1n) is 8.31. The zero-order valence-corrected chi connectivity index (χ0v) is 15.0. The van der Waals surface area contributed by atoms with Crippen LogP contribution in [0.15, 0.2) is 54.6 Å². The molecule has 0 bridgehead atoms. The minimum Gasteiger partial charge on any atom is -0.310 e. The number of halogens is 1. The van der Waals surface area contributed by atoms with Gasteiger partial charge in [-0.3, -0.25) is 0 Å². The lowest BCUT2D eigenvalue weighted by atomic mass is 10.0. The molecule has 0 aliphatic rings. The third-order valence-electron chi connectivity index (χ3n) is 3.91. The Kier molecular flexibility index (Phi) is 6.88. The fraction of sp³-hybridized carbons (Fsp3) is 0.333. The van der Waals surface area contributed by atoms with Gasteiger partial charge in [0.05, 0.1) is 0 Å². The maximum Gasteiger partial charge on any atom is 0.0438 e. The molecule has 1 unspecified atom stereocenters. The lowest BCUT2D eigenvalue weighted by Gasteiger charge is -2.15. The fourth-order valence-electron chi connectivity index (χ4n) is 2.44. The van der Waals surface area contributed by atoms with Crippen LogP contribution in [0.1, 0.15) is 43.5 Å². The first-order valence-corrected chi connectivity index (χ1v) is 8.69. The summed E-state index contributed by atoms with van der Waals surface area (Å²) in [6.07, 6.45) is 5.35. The van der Waals surface area contributed by atoms with Crippen LogP contribution < -0.4 is 5.32 Å². The molecule has 0 aromatic heterocycles. The van der Waals surface area contributed by atoms with Crippen molar-refractivity contribution in [3.8, 4) is 0 Å². The molecule has 0 amide bonds. The highest BCUT2D eigenvalue weighted by Crippen LogP contribution is 2.17. The van der Waals surface area contributed by atoms with Gasteiger partial charge in [0.2, 0.25) is 0 Å². The van der Waals surface area contributed by atoms with Gasteiger partial charge >= 0.3 is 0 Å². The van der Waals surface area contributed by atoms with Crippen molar-refractivity contribution in [3.05, 3.63) is 76.3 Å². The summed E-state index contributed by atoms with van der Waals surface area (Å²) in [5.74, 6) is 0.583. The van der Waals surface area contributed by atoms with Crippen LogP contribution in [0.3, 0.4) is 0 Å². The van der Waals surface area contributed by atoms with E-state index in [-0.39, 0.29) is 0 Å². The Balaban J connectivity index is 1.86. The number of benzene rings is 2.